The van der Waals surface area contributed by atoms with Gasteiger partial charge in [0.1, 0.15) is 0 Å². The van der Waals surface area contributed by atoms with Gasteiger partial charge in [-0.25, -0.2) is 4.79 Å². The molecule has 25 heavy (non-hydrogen) atoms. The third-order valence-electron chi connectivity index (χ3n) is 3.97. The smallest absolute Gasteiger partial charge is 0.330 e. The summed E-state index contributed by atoms with van der Waals surface area (Å²) in [5.41, 5.74) is 2.46. The molecule has 0 aromatic heterocycles. The largest absolute Gasteiger partial charge is 0.479 e. The lowest BCUT2D eigenvalue weighted by Crippen LogP contribution is -2.38. The Hall–Kier alpha value is -2.62. The molecule has 130 valence electrons. The van der Waals surface area contributed by atoms with Crippen molar-refractivity contribution >= 4 is 24.9 Å². The van der Waals surface area contributed by atoms with Gasteiger partial charge in [-0.3, -0.25) is 0 Å². The van der Waals surface area contributed by atoms with Gasteiger partial charge in [-0.05, 0) is 35.4 Å². The van der Waals surface area contributed by atoms with Crippen molar-refractivity contribution < 1.29 is 15.0 Å². The molecular weight excluding hydrogens is 332 g/mol. The molecule has 6 heteroatoms. The highest BCUT2D eigenvalue weighted by atomic mass is 28.3. The van der Waals surface area contributed by atoms with Crippen molar-refractivity contribution in [2.45, 2.75) is 32.3 Å². The molecule has 0 aliphatic heterocycles. The number of hydrogen-bond acceptors (Lipinski definition) is 4. The summed E-state index contributed by atoms with van der Waals surface area (Å²) in [5, 5.41) is 32.2. The quantitative estimate of drug-likeness (QED) is 0.694. The van der Waals surface area contributed by atoms with Gasteiger partial charge in [-0.1, -0.05) is 43.0 Å². The zero-order valence-corrected chi connectivity index (χ0v) is 15.6. The highest BCUT2D eigenvalue weighted by Crippen LogP contribution is 2.22. The van der Waals surface area contributed by atoms with E-state index in [0.29, 0.717) is 22.4 Å². The number of nitriles is 1. The Labute approximate surface area is 148 Å². The fourth-order valence-corrected chi connectivity index (χ4v) is 3.72. The van der Waals surface area contributed by atoms with Crippen LogP contribution < -0.4 is 10.5 Å². The minimum Gasteiger partial charge on any atom is -0.479 e. The molecule has 2 aromatic rings. The molecular formula is C19H22N2O3Si. The Balaban J connectivity index is 2.42. The van der Waals surface area contributed by atoms with E-state index in [0.717, 1.165) is 5.19 Å². The summed E-state index contributed by atoms with van der Waals surface area (Å²) >= 11 is 0. The number of nitrogens with zero attached hydrogens (tertiary/aromatic N) is 1. The first-order chi connectivity index (χ1) is 11.7. The molecule has 1 unspecified atom stereocenters. The van der Waals surface area contributed by atoms with Gasteiger partial charge in [-0.2, -0.15) is 5.26 Å². The molecule has 0 aliphatic rings. The summed E-state index contributed by atoms with van der Waals surface area (Å²) in [6, 6.07) is 13.3. The van der Waals surface area contributed by atoms with E-state index >= 15 is 0 Å². The highest BCUT2D eigenvalue weighted by molar-refractivity contribution is 6.88. The van der Waals surface area contributed by atoms with Crippen molar-refractivity contribution in [3.05, 3.63) is 59.2 Å². The van der Waals surface area contributed by atoms with Crippen LogP contribution in [0.25, 0.3) is 0 Å². The molecule has 5 nitrogen and oxygen atoms in total. The van der Waals surface area contributed by atoms with Crippen molar-refractivity contribution in [3.63, 3.8) is 0 Å². The average molecular weight is 354 g/mol. The lowest BCUT2D eigenvalue weighted by Gasteiger charge is -2.22. The molecule has 1 atom stereocenters. The lowest BCUT2D eigenvalue weighted by atomic mass is 10.0. The number of rotatable bonds is 6. The zero-order valence-electron chi connectivity index (χ0n) is 14.6. The van der Waals surface area contributed by atoms with Crippen LogP contribution in [0.1, 0.15) is 22.7 Å². The van der Waals surface area contributed by atoms with Crippen molar-refractivity contribution in [2.24, 2.45) is 0 Å². The minimum atomic E-state index is -1.67. The Kier molecular flexibility index (Phi) is 5.62. The zero-order chi connectivity index (χ0) is 18.6. The Morgan fingerprint density at radius 2 is 1.84 bits per heavy atom. The molecule has 0 radical (unpaired) electrons. The van der Waals surface area contributed by atoms with E-state index in [4.69, 9.17) is 5.26 Å². The topological polar surface area (TPSA) is 93.4 Å². The third-order valence-corrected chi connectivity index (χ3v) is 5.99. The van der Waals surface area contributed by atoms with Crippen LogP contribution in [-0.4, -0.2) is 24.3 Å². The summed E-state index contributed by atoms with van der Waals surface area (Å²) in [7, 11) is -1.67. The molecule has 0 saturated heterocycles. The number of nitrogens with one attached hydrogen (secondary N) is 1. The Bertz CT molecular complexity index is 805. The average Bonchev–Trinajstić information content (AvgIpc) is 2.58. The number of carbonyl (C=O) groups is 1. The maximum atomic E-state index is 11.8. The molecule has 3 N–H and O–H groups in total. The maximum absolute atomic E-state index is 11.8. The molecule has 0 spiro atoms. The molecule has 0 saturated carbocycles. The predicted molar refractivity (Wildman–Crippen MR) is 101 cm³/mol. The molecule has 2 aromatic carbocycles. The van der Waals surface area contributed by atoms with Crippen LogP contribution in [0.2, 0.25) is 19.6 Å². The summed E-state index contributed by atoms with van der Waals surface area (Å²) in [5.74, 6) is -0.999. The third kappa shape index (κ3) is 4.69. The van der Waals surface area contributed by atoms with Gasteiger partial charge in [-0.15, -0.1) is 0 Å². The second kappa shape index (κ2) is 7.51. The van der Waals surface area contributed by atoms with Gasteiger partial charge in [0, 0.05) is 5.69 Å². The van der Waals surface area contributed by atoms with Crippen molar-refractivity contribution in [2.75, 3.05) is 5.32 Å². The first kappa shape index (κ1) is 18.7. The standard InChI is InChI=1S/C19H22N2O3Si/c1-25(2,3)17-9-14(12-22)8-15(10-17)18(19(23)24)21-16-6-4-13(11-20)5-7-16/h4-10,18,21-22H,12H2,1-3H3,(H,23,24). The fraction of sp³-hybridized carbons (Fsp3) is 0.263. The van der Waals surface area contributed by atoms with Crippen LogP contribution >= 0.6 is 0 Å². The van der Waals surface area contributed by atoms with Crippen LogP contribution in [0.5, 0.6) is 0 Å². The lowest BCUT2D eigenvalue weighted by molar-refractivity contribution is -0.138. The van der Waals surface area contributed by atoms with Gasteiger partial charge in [0.15, 0.2) is 6.04 Å². The van der Waals surface area contributed by atoms with Crippen LogP contribution in [0.4, 0.5) is 5.69 Å². The van der Waals surface area contributed by atoms with Gasteiger partial charge < -0.3 is 15.5 Å². The summed E-state index contributed by atoms with van der Waals surface area (Å²) < 4.78 is 0. The van der Waals surface area contributed by atoms with Crippen LogP contribution in [0, 0.1) is 11.3 Å². The van der Waals surface area contributed by atoms with Gasteiger partial charge >= 0.3 is 5.97 Å². The van der Waals surface area contributed by atoms with E-state index in [2.05, 4.69) is 25.0 Å². The number of aliphatic hydroxyl groups excluding tert-OH is 1. The van der Waals surface area contributed by atoms with Crippen LogP contribution in [-0.2, 0) is 11.4 Å². The maximum Gasteiger partial charge on any atom is 0.330 e. The number of carboxylic acid groups (broad SMARTS) is 1. The van der Waals surface area contributed by atoms with Crippen molar-refractivity contribution in [1.82, 2.24) is 0 Å². The van der Waals surface area contributed by atoms with Gasteiger partial charge in [0.05, 0.1) is 26.3 Å². The molecule has 0 aliphatic carbocycles. The van der Waals surface area contributed by atoms with E-state index in [1.54, 1.807) is 30.3 Å². The molecule has 0 fully saturated rings. The molecule has 0 bridgehead atoms. The molecule has 0 amide bonds. The summed E-state index contributed by atoms with van der Waals surface area (Å²) in [6.45, 7) is 6.40. The second-order valence-corrected chi connectivity index (χ2v) is 12.1. The highest BCUT2D eigenvalue weighted by Gasteiger charge is 2.24. The Morgan fingerprint density at radius 3 is 2.32 bits per heavy atom. The SMILES string of the molecule is C[Si](C)(C)c1cc(CO)cc(C(Nc2ccc(C#N)cc2)C(=O)O)c1. The van der Waals surface area contributed by atoms with E-state index in [9.17, 15) is 15.0 Å². The van der Waals surface area contributed by atoms with Gasteiger partial charge in [0.2, 0.25) is 0 Å². The predicted octanol–water partition coefficient (Wildman–Crippen LogP) is 2.83. The number of anilines is 1. The van der Waals surface area contributed by atoms with E-state index < -0.39 is 20.1 Å². The van der Waals surface area contributed by atoms with Gasteiger partial charge in [0.25, 0.3) is 0 Å². The van der Waals surface area contributed by atoms with E-state index in [1.807, 2.05) is 18.2 Å². The summed E-state index contributed by atoms with van der Waals surface area (Å²) in [4.78, 5) is 11.8. The normalized spacial score (nSPS) is 12.3. The monoisotopic (exact) mass is 354 g/mol. The molecule has 0 heterocycles. The number of carboxylic acids is 1. The number of aliphatic carboxylic acids is 1. The van der Waals surface area contributed by atoms with E-state index in [-0.39, 0.29) is 6.61 Å². The first-order valence-corrected chi connectivity index (χ1v) is 11.5. The fourth-order valence-electron chi connectivity index (χ4n) is 2.50. The minimum absolute atomic E-state index is 0.130. The molecule has 2 rings (SSSR count). The first-order valence-electron chi connectivity index (χ1n) is 7.99. The van der Waals surface area contributed by atoms with E-state index in [1.165, 1.54) is 0 Å². The van der Waals surface area contributed by atoms with Crippen molar-refractivity contribution in [3.8, 4) is 6.07 Å². The summed E-state index contributed by atoms with van der Waals surface area (Å²) in [6.07, 6.45) is 0. The number of hydrogen-bond donors (Lipinski definition) is 3. The second-order valence-electron chi connectivity index (χ2n) is 6.98. The van der Waals surface area contributed by atoms with Crippen molar-refractivity contribution in [1.29, 1.82) is 5.26 Å². The van der Waals surface area contributed by atoms with Crippen LogP contribution in [0.3, 0.4) is 0 Å². The Morgan fingerprint density at radius 1 is 1.20 bits per heavy atom. The van der Waals surface area contributed by atoms with Crippen LogP contribution in [0.15, 0.2) is 42.5 Å². The number of benzene rings is 2. The number of aliphatic hydroxyl groups is 1.